The highest BCUT2D eigenvalue weighted by Crippen LogP contribution is 2.10. The molecule has 1 aromatic heterocycles. The summed E-state index contributed by atoms with van der Waals surface area (Å²) in [5.74, 6) is -0.627. The van der Waals surface area contributed by atoms with Gasteiger partial charge >= 0.3 is 11.7 Å². The first-order valence-corrected chi connectivity index (χ1v) is 5.90. The maximum absolute atomic E-state index is 12.2. The van der Waals surface area contributed by atoms with E-state index in [0.717, 1.165) is 10.2 Å². The Hall–Kier alpha value is -2.37. The van der Waals surface area contributed by atoms with Crippen LogP contribution in [0, 0.1) is 13.8 Å². The lowest BCUT2D eigenvalue weighted by Gasteiger charge is -2.04. The zero-order valence-corrected chi connectivity index (χ0v) is 11.0. The van der Waals surface area contributed by atoms with Crippen LogP contribution in [0.3, 0.4) is 0 Å². The third kappa shape index (κ3) is 2.29. The van der Waals surface area contributed by atoms with E-state index in [1.165, 1.54) is 11.5 Å². The standard InChI is InChI=1S/C13H15N3O3/c1-8-4-6-11(7-5-8)15-10(3)14-16(13(15)19)9(2)12(17)18/h4-7,9H,1-3H3,(H,17,18)/t9-/m1/s1. The number of hydrogen-bond donors (Lipinski definition) is 1. The second kappa shape index (κ2) is 4.72. The van der Waals surface area contributed by atoms with Crippen LogP contribution in [0.25, 0.3) is 5.69 Å². The fourth-order valence-corrected chi connectivity index (χ4v) is 1.83. The van der Waals surface area contributed by atoms with Gasteiger partial charge in [0.1, 0.15) is 5.82 Å². The van der Waals surface area contributed by atoms with Crippen LogP contribution in [-0.4, -0.2) is 25.4 Å². The average molecular weight is 261 g/mol. The molecule has 0 bridgehead atoms. The van der Waals surface area contributed by atoms with E-state index in [2.05, 4.69) is 5.10 Å². The summed E-state index contributed by atoms with van der Waals surface area (Å²) in [7, 11) is 0. The summed E-state index contributed by atoms with van der Waals surface area (Å²) in [6.07, 6.45) is 0. The van der Waals surface area contributed by atoms with Crippen LogP contribution in [0.1, 0.15) is 24.4 Å². The van der Waals surface area contributed by atoms with Gasteiger partial charge in [0, 0.05) is 0 Å². The summed E-state index contributed by atoms with van der Waals surface area (Å²) in [5, 5.41) is 13.0. The zero-order chi connectivity index (χ0) is 14.2. The van der Waals surface area contributed by atoms with Crippen molar-refractivity contribution in [2.75, 3.05) is 0 Å². The molecule has 0 spiro atoms. The third-order valence-electron chi connectivity index (χ3n) is 2.98. The molecule has 0 unspecified atom stereocenters. The lowest BCUT2D eigenvalue weighted by atomic mass is 10.2. The molecular weight excluding hydrogens is 246 g/mol. The van der Waals surface area contributed by atoms with Crippen molar-refractivity contribution in [3.8, 4) is 5.69 Å². The summed E-state index contributed by atoms with van der Waals surface area (Å²) in [6.45, 7) is 5.05. The highest BCUT2D eigenvalue weighted by molar-refractivity contribution is 5.71. The molecule has 19 heavy (non-hydrogen) atoms. The van der Waals surface area contributed by atoms with Crippen molar-refractivity contribution < 1.29 is 9.90 Å². The molecular formula is C13H15N3O3. The minimum Gasteiger partial charge on any atom is -0.480 e. The summed E-state index contributed by atoms with van der Waals surface area (Å²) >= 11 is 0. The maximum Gasteiger partial charge on any atom is 0.351 e. The first-order chi connectivity index (χ1) is 8.91. The van der Waals surface area contributed by atoms with Gasteiger partial charge in [-0.3, -0.25) is 0 Å². The van der Waals surface area contributed by atoms with Gasteiger partial charge in [0.25, 0.3) is 0 Å². The molecule has 0 aliphatic heterocycles. The van der Waals surface area contributed by atoms with Crippen LogP contribution in [0.5, 0.6) is 0 Å². The monoisotopic (exact) mass is 261 g/mol. The Kier molecular flexibility index (Phi) is 3.25. The number of aliphatic carboxylic acids is 1. The van der Waals surface area contributed by atoms with E-state index in [4.69, 9.17) is 5.11 Å². The lowest BCUT2D eigenvalue weighted by Crippen LogP contribution is -2.30. The van der Waals surface area contributed by atoms with E-state index in [1.807, 2.05) is 19.1 Å². The number of rotatable bonds is 3. The molecule has 0 fully saturated rings. The van der Waals surface area contributed by atoms with E-state index >= 15 is 0 Å². The number of hydrogen-bond acceptors (Lipinski definition) is 3. The number of benzene rings is 1. The van der Waals surface area contributed by atoms with Crippen LogP contribution < -0.4 is 5.69 Å². The Morgan fingerprint density at radius 3 is 2.37 bits per heavy atom. The quantitative estimate of drug-likeness (QED) is 0.903. The van der Waals surface area contributed by atoms with Gasteiger partial charge in [-0.25, -0.2) is 14.2 Å². The summed E-state index contributed by atoms with van der Waals surface area (Å²) < 4.78 is 2.39. The molecule has 1 atom stereocenters. The fraction of sp³-hybridized carbons (Fsp3) is 0.308. The Morgan fingerprint density at radius 1 is 1.26 bits per heavy atom. The molecule has 1 aromatic carbocycles. The average Bonchev–Trinajstić information content (AvgIpc) is 2.65. The van der Waals surface area contributed by atoms with Crippen LogP contribution in [-0.2, 0) is 4.79 Å². The Morgan fingerprint density at radius 2 is 1.84 bits per heavy atom. The third-order valence-corrected chi connectivity index (χ3v) is 2.98. The molecule has 1 N–H and O–H groups in total. The molecule has 0 saturated carbocycles. The molecule has 2 rings (SSSR count). The second-order valence-corrected chi connectivity index (χ2v) is 4.46. The van der Waals surface area contributed by atoms with Crippen molar-refractivity contribution in [1.29, 1.82) is 0 Å². The topological polar surface area (TPSA) is 77.1 Å². The smallest absolute Gasteiger partial charge is 0.351 e. The molecule has 2 aromatic rings. The number of carboxylic acid groups (broad SMARTS) is 1. The minimum absolute atomic E-state index is 0.448. The van der Waals surface area contributed by atoms with Crippen molar-refractivity contribution in [3.63, 3.8) is 0 Å². The van der Waals surface area contributed by atoms with Gasteiger partial charge in [-0.1, -0.05) is 17.7 Å². The van der Waals surface area contributed by atoms with Crippen molar-refractivity contribution >= 4 is 5.97 Å². The molecule has 6 heteroatoms. The lowest BCUT2D eigenvalue weighted by molar-refractivity contribution is -0.140. The van der Waals surface area contributed by atoms with E-state index < -0.39 is 17.7 Å². The predicted molar refractivity (Wildman–Crippen MR) is 69.6 cm³/mol. The number of aromatic nitrogens is 3. The molecule has 100 valence electrons. The second-order valence-electron chi connectivity index (χ2n) is 4.46. The Balaban J connectivity index is 2.57. The van der Waals surface area contributed by atoms with Gasteiger partial charge in [-0.15, -0.1) is 0 Å². The molecule has 0 aliphatic carbocycles. The van der Waals surface area contributed by atoms with E-state index in [-0.39, 0.29) is 0 Å². The van der Waals surface area contributed by atoms with E-state index in [1.54, 1.807) is 19.1 Å². The van der Waals surface area contributed by atoms with Crippen molar-refractivity contribution in [1.82, 2.24) is 14.3 Å². The molecule has 0 amide bonds. The largest absolute Gasteiger partial charge is 0.480 e. The number of carboxylic acids is 1. The highest BCUT2D eigenvalue weighted by atomic mass is 16.4. The van der Waals surface area contributed by atoms with Crippen LogP contribution in [0.15, 0.2) is 29.1 Å². The molecule has 0 radical (unpaired) electrons. The fourth-order valence-electron chi connectivity index (χ4n) is 1.83. The van der Waals surface area contributed by atoms with Gasteiger partial charge < -0.3 is 5.11 Å². The minimum atomic E-state index is -1.09. The first-order valence-electron chi connectivity index (χ1n) is 5.90. The zero-order valence-electron chi connectivity index (χ0n) is 11.0. The SMILES string of the molecule is Cc1ccc(-n2c(C)nn([C@H](C)C(=O)O)c2=O)cc1. The predicted octanol–water partition coefficient (Wildman–Crippen LogP) is 1.30. The summed E-state index contributed by atoms with van der Waals surface area (Å²) in [6, 6.07) is 6.40. The van der Waals surface area contributed by atoms with Crippen LogP contribution in [0.2, 0.25) is 0 Å². The molecule has 1 heterocycles. The van der Waals surface area contributed by atoms with Crippen LogP contribution >= 0.6 is 0 Å². The molecule has 0 saturated heterocycles. The molecule has 0 aliphatic rings. The maximum atomic E-state index is 12.2. The number of carbonyl (C=O) groups is 1. The van der Waals surface area contributed by atoms with Gasteiger partial charge in [-0.05, 0) is 32.9 Å². The summed E-state index contributed by atoms with van der Waals surface area (Å²) in [4.78, 5) is 23.2. The summed E-state index contributed by atoms with van der Waals surface area (Å²) in [5.41, 5.74) is 1.31. The van der Waals surface area contributed by atoms with Crippen LogP contribution in [0.4, 0.5) is 0 Å². The van der Waals surface area contributed by atoms with Gasteiger partial charge in [0.15, 0.2) is 6.04 Å². The first kappa shape index (κ1) is 13.1. The van der Waals surface area contributed by atoms with Crippen molar-refractivity contribution in [3.05, 3.63) is 46.1 Å². The van der Waals surface area contributed by atoms with Gasteiger partial charge in [0.05, 0.1) is 5.69 Å². The van der Waals surface area contributed by atoms with Gasteiger partial charge in [0.2, 0.25) is 0 Å². The van der Waals surface area contributed by atoms with Crippen molar-refractivity contribution in [2.45, 2.75) is 26.8 Å². The van der Waals surface area contributed by atoms with Gasteiger partial charge in [-0.2, -0.15) is 9.78 Å². The normalized spacial score (nSPS) is 12.4. The van der Waals surface area contributed by atoms with Crippen molar-refractivity contribution in [2.24, 2.45) is 0 Å². The Bertz CT molecular complexity index is 667. The highest BCUT2D eigenvalue weighted by Gasteiger charge is 2.20. The van der Waals surface area contributed by atoms with E-state index in [9.17, 15) is 9.59 Å². The molecule has 6 nitrogen and oxygen atoms in total. The number of nitrogens with zero attached hydrogens (tertiary/aromatic N) is 3. The number of aryl methyl sites for hydroxylation is 2. The van der Waals surface area contributed by atoms with E-state index in [0.29, 0.717) is 11.5 Å². The Labute approximate surface area is 109 Å².